The molecule has 0 radical (unpaired) electrons. The Morgan fingerprint density at radius 1 is 1.22 bits per heavy atom. The average molecular weight is 337 g/mol. The maximum Gasteiger partial charge on any atom is 0.333 e. The van der Waals surface area contributed by atoms with E-state index < -0.39 is 32.5 Å². The van der Waals surface area contributed by atoms with Crippen LogP contribution in [0.25, 0.3) is 0 Å². The predicted octanol–water partition coefficient (Wildman–Crippen LogP) is 2.67. The Hall–Kier alpha value is -3.01. The van der Waals surface area contributed by atoms with Crippen LogP contribution in [0, 0.1) is 20.2 Å². The molecular weight excluding hydrogens is 326 g/mol. The molecule has 0 aliphatic carbocycles. The van der Waals surface area contributed by atoms with Crippen LogP contribution in [-0.4, -0.2) is 27.0 Å². The van der Waals surface area contributed by atoms with Crippen LogP contribution in [0.2, 0.25) is 0 Å². The number of carboxylic acids is 1. The molecule has 0 amide bonds. The fourth-order valence-electron chi connectivity index (χ4n) is 1.91. The molecule has 0 saturated carbocycles. The summed E-state index contributed by atoms with van der Waals surface area (Å²) in [6.07, 6.45) is 0.0824. The summed E-state index contributed by atoms with van der Waals surface area (Å²) in [5.74, 6) is -1.21. The normalized spacial score (nSPS) is 11.7. The van der Waals surface area contributed by atoms with Crippen molar-refractivity contribution in [3.05, 3.63) is 62.2 Å². The van der Waals surface area contributed by atoms with E-state index in [4.69, 9.17) is 0 Å². The molecular formula is C13H11N3O6S. The fourth-order valence-corrected chi connectivity index (χ4v) is 2.80. The van der Waals surface area contributed by atoms with Gasteiger partial charge in [0.1, 0.15) is 12.1 Å². The number of thiophene rings is 1. The number of benzene rings is 1. The third kappa shape index (κ3) is 4.01. The largest absolute Gasteiger partial charge is 0.480 e. The van der Waals surface area contributed by atoms with Gasteiger partial charge in [0.25, 0.3) is 0 Å². The molecule has 2 aromatic rings. The van der Waals surface area contributed by atoms with Crippen molar-refractivity contribution in [1.82, 2.24) is 0 Å². The molecule has 1 atom stereocenters. The molecule has 1 heterocycles. The molecule has 2 rings (SSSR count). The summed E-state index contributed by atoms with van der Waals surface area (Å²) < 4.78 is 0. The number of aliphatic carboxylic acids is 1. The lowest BCUT2D eigenvalue weighted by atomic mass is 10.1. The van der Waals surface area contributed by atoms with Crippen LogP contribution in [0.5, 0.6) is 0 Å². The number of hydrogen-bond acceptors (Lipinski definition) is 7. The van der Waals surface area contributed by atoms with Crippen LogP contribution in [0.1, 0.15) is 5.56 Å². The topological polar surface area (TPSA) is 136 Å². The van der Waals surface area contributed by atoms with Crippen molar-refractivity contribution in [3.8, 4) is 0 Å². The molecule has 9 nitrogen and oxygen atoms in total. The van der Waals surface area contributed by atoms with Crippen molar-refractivity contribution in [1.29, 1.82) is 0 Å². The van der Waals surface area contributed by atoms with Crippen LogP contribution in [0.3, 0.4) is 0 Å². The molecule has 0 aliphatic rings. The number of nitrogens with one attached hydrogen (secondary N) is 1. The van der Waals surface area contributed by atoms with Gasteiger partial charge in [0, 0.05) is 6.42 Å². The van der Waals surface area contributed by atoms with Crippen LogP contribution in [0.4, 0.5) is 15.7 Å². The SMILES string of the molecule is O=C(O)[C@@H](Cc1ccccc1)Nc1sc([N+](=O)[O-])cc1[N+](=O)[O-]. The van der Waals surface area contributed by atoms with Crippen molar-refractivity contribution < 1.29 is 19.7 Å². The lowest BCUT2D eigenvalue weighted by Crippen LogP contribution is -2.31. The molecule has 0 spiro atoms. The van der Waals surface area contributed by atoms with Gasteiger partial charge in [-0.25, -0.2) is 4.79 Å². The van der Waals surface area contributed by atoms with Crippen molar-refractivity contribution in [2.24, 2.45) is 0 Å². The number of carbonyl (C=O) groups is 1. The van der Waals surface area contributed by atoms with Crippen LogP contribution < -0.4 is 5.32 Å². The van der Waals surface area contributed by atoms with Gasteiger partial charge in [0.05, 0.1) is 9.85 Å². The van der Waals surface area contributed by atoms with Crippen molar-refractivity contribution in [3.63, 3.8) is 0 Å². The molecule has 1 aromatic carbocycles. The van der Waals surface area contributed by atoms with Crippen molar-refractivity contribution in [2.45, 2.75) is 12.5 Å². The maximum absolute atomic E-state index is 11.4. The number of hydrogen-bond donors (Lipinski definition) is 2. The molecule has 0 saturated heterocycles. The summed E-state index contributed by atoms with van der Waals surface area (Å²) in [5.41, 5.74) is 0.210. The first kappa shape index (κ1) is 16.4. The zero-order valence-corrected chi connectivity index (χ0v) is 12.4. The Balaban J connectivity index is 2.28. The highest BCUT2D eigenvalue weighted by atomic mass is 32.1. The first-order valence-corrected chi connectivity index (χ1v) is 7.16. The molecule has 120 valence electrons. The minimum atomic E-state index is -1.21. The molecule has 2 N–H and O–H groups in total. The second kappa shape index (κ2) is 6.83. The molecule has 0 unspecified atom stereocenters. The van der Waals surface area contributed by atoms with E-state index in [1.807, 2.05) is 0 Å². The lowest BCUT2D eigenvalue weighted by Gasteiger charge is -2.14. The number of carboxylic acid groups (broad SMARTS) is 1. The van der Waals surface area contributed by atoms with Crippen molar-refractivity contribution in [2.75, 3.05) is 5.32 Å². The first-order valence-electron chi connectivity index (χ1n) is 6.34. The highest BCUT2D eigenvalue weighted by Gasteiger charge is 2.28. The number of rotatable bonds is 7. The Kier molecular flexibility index (Phi) is 4.86. The summed E-state index contributed by atoms with van der Waals surface area (Å²) in [5, 5.41) is 32.9. The van der Waals surface area contributed by atoms with E-state index in [0.717, 1.165) is 11.6 Å². The van der Waals surface area contributed by atoms with E-state index in [-0.39, 0.29) is 11.4 Å². The van der Waals surface area contributed by atoms with Gasteiger partial charge < -0.3 is 10.4 Å². The summed E-state index contributed by atoms with van der Waals surface area (Å²) in [7, 11) is 0. The van der Waals surface area contributed by atoms with E-state index in [1.165, 1.54) is 0 Å². The molecule has 0 aliphatic heterocycles. The highest BCUT2D eigenvalue weighted by Crippen LogP contribution is 2.39. The molecule has 0 bridgehead atoms. The second-order valence-corrected chi connectivity index (χ2v) is 5.57. The third-order valence-electron chi connectivity index (χ3n) is 2.96. The number of nitro groups is 2. The zero-order valence-electron chi connectivity index (χ0n) is 11.5. The smallest absolute Gasteiger partial charge is 0.333 e. The van der Waals surface area contributed by atoms with Gasteiger partial charge in [-0.05, 0) is 16.9 Å². The van der Waals surface area contributed by atoms with Gasteiger partial charge in [-0.1, -0.05) is 30.3 Å². The summed E-state index contributed by atoms with van der Waals surface area (Å²) >= 11 is 0.537. The summed E-state index contributed by atoms with van der Waals surface area (Å²) in [6.45, 7) is 0. The molecule has 1 aromatic heterocycles. The zero-order chi connectivity index (χ0) is 17.0. The van der Waals surface area contributed by atoms with Crippen LogP contribution in [0.15, 0.2) is 36.4 Å². The lowest BCUT2D eigenvalue weighted by molar-refractivity contribution is -0.389. The quantitative estimate of drug-likeness (QED) is 0.585. The van der Waals surface area contributed by atoms with Gasteiger partial charge in [-0.15, -0.1) is 0 Å². The van der Waals surface area contributed by atoms with Crippen LogP contribution in [-0.2, 0) is 11.2 Å². The van der Waals surface area contributed by atoms with Gasteiger partial charge in [-0.3, -0.25) is 20.2 Å². The Morgan fingerprint density at radius 3 is 2.39 bits per heavy atom. The molecule has 23 heavy (non-hydrogen) atoms. The van der Waals surface area contributed by atoms with Crippen LogP contribution >= 0.6 is 11.3 Å². The minimum absolute atomic E-state index is 0.0824. The summed E-state index contributed by atoms with van der Waals surface area (Å²) in [6, 6.07) is 8.38. The number of anilines is 1. The Bertz CT molecular complexity index is 745. The van der Waals surface area contributed by atoms with Gasteiger partial charge >= 0.3 is 16.7 Å². The standard InChI is InChI=1S/C13H11N3O6S/c17-13(18)9(6-8-4-2-1-3-5-8)14-12-10(15(19)20)7-11(23-12)16(21)22/h1-5,7,9,14H,6H2,(H,17,18)/t9-/m1/s1. The highest BCUT2D eigenvalue weighted by molar-refractivity contribution is 7.19. The van der Waals surface area contributed by atoms with Gasteiger partial charge in [-0.2, -0.15) is 0 Å². The second-order valence-electron chi connectivity index (χ2n) is 4.54. The van der Waals surface area contributed by atoms with E-state index in [0.29, 0.717) is 11.3 Å². The molecule has 10 heteroatoms. The van der Waals surface area contributed by atoms with E-state index in [2.05, 4.69) is 5.32 Å². The van der Waals surface area contributed by atoms with Gasteiger partial charge in [0.2, 0.25) is 0 Å². The maximum atomic E-state index is 11.4. The fraction of sp³-hybridized carbons (Fsp3) is 0.154. The average Bonchev–Trinajstić information content (AvgIpc) is 2.92. The van der Waals surface area contributed by atoms with E-state index >= 15 is 0 Å². The first-order chi connectivity index (χ1) is 10.9. The van der Waals surface area contributed by atoms with Gasteiger partial charge in [0.15, 0.2) is 5.00 Å². The minimum Gasteiger partial charge on any atom is -0.480 e. The van der Waals surface area contributed by atoms with Crippen molar-refractivity contribution >= 4 is 33.0 Å². The summed E-state index contributed by atoms with van der Waals surface area (Å²) in [4.78, 5) is 31.5. The molecule has 0 fully saturated rings. The van der Waals surface area contributed by atoms with E-state index in [1.54, 1.807) is 30.3 Å². The Morgan fingerprint density at radius 2 is 1.87 bits per heavy atom. The monoisotopic (exact) mass is 337 g/mol. The number of nitrogens with zero attached hydrogens (tertiary/aromatic N) is 2. The Labute approximate surface area is 133 Å². The predicted molar refractivity (Wildman–Crippen MR) is 82.8 cm³/mol. The third-order valence-corrected chi connectivity index (χ3v) is 3.97. The van der Waals surface area contributed by atoms with E-state index in [9.17, 15) is 30.1 Å².